The van der Waals surface area contributed by atoms with E-state index in [-0.39, 0.29) is 10.7 Å². The Balaban J connectivity index is 2.29. The second-order valence-electron chi connectivity index (χ2n) is 3.81. The number of sulfonamides is 1. The molecule has 0 bridgehead atoms. The first kappa shape index (κ1) is 12.5. The molecule has 18 heavy (non-hydrogen) atoms. The topological polar surface area (TPSA) is 70.9 Å². The highest BCUT2D eigenvalue weighted by Gasteiger charge is 2.27. The summed E-state index contributed by atoms with van der Waals surface area (Å²) >= 11 is 0. The Bertz CT molecular complexity index is 658. The van der Waals surface area contributed by atoms with Crippen LogP contribution in [0.2, 0.25) is 0 Å². The van der Waals surface area contributed by atoms with Crippen LogP contribution in [0.25, 0.3) is 0 Å². The van der Waals surface area contributed by atoms with Crippen molar-refractivity contribution < 1.29 is 8.42 Å². The van der Waals surface area contributed by atoms with E-state index in [2.05, 4.69) is 14.9 Å². The molecule has 0 aromatic heterocycles. The quantitative estimate of drug-likeness (QED) is 0.652. The minimum atomic E-state index is -3.57. The molecule has 0 fully saturated rings. The van der Waals surface area contributed by atoms with Gasteiger partial charge in [-0.15, -0.1) is 4.40 Å². The maximum Gasteiger partial charge on any atom is 0.285 e. The van der Waals surface area contributed by atoms with Gasteiger partial charge in [-0.25, -0.2) is 0 Å². The molecule has 0 amide bonds. The molecule has 1 aromatic carbocycles. The van der Waals surface area contributed by atoms with Crippen molar-refractivity contribution in [1.29, 1.82) is 0 Å². The van der Waals surface area contributed by atoms with Gasteiger partial charge in [-0.05, 0) is 31.6 Å². The Kier molecular flexibility index (Phi) is 3.29. The van der Waals surface area contributed by atoms with Gasteiger partial charge in [0.15, 0.2) is 5.84 Å². The molecule has 1 heterocycles. The standard InChI is InChI=1S/C12H13N3O2S/c1-3-9(2)8-13-14-12-10-6-4-5-7-11(10)18(16,17)15-12/h3-8H,1-2H3,(H,14,15)/b9-3+,13-8+. The summed E-state index contributed by atoms with van der Waals surface area (Å²) in [6, 6.07) is 6.66. The average molecular weight is 263 g/mol. The zero-order valence-corrected chi connectivity index (χ0v) is 10.9. The normalized spacial score (nSPS) is 17.7. The van der Waals surface area contributed by atoms with Gasteiger partial charge in [0, 0.05) is 11.8 Å². The van der Waals surface area contributed by atoms with Crippen LogP contribution >= 0.6 is 0 Å². The van der Waals surface area contributed by atoms with Gasteiger partial charge in [0.25, 0.3) is 10.0 Å². The molecule has 0 radical (unpaired) electrons. The van der Waals surface area contributed by atoms with E-state index in [9.17, 15) is 8.42 Å². The molecule has 6 heteroatoms. The Morgan fingerprint density at radius 3 is 2.83 bits per heavy atom. The lowest BCUT2D eigenvalue weighted by Crippen LogP contribution is -2.17. The Hall–Kier alpha value is -1.95. The first-order chi connectivity index (χ1) is 8.54. The third-order valence-electron chi connectivity index (χ3n) is 2.53. The molecule has 0 saturated heterocycles. The van der Waals surface area contributed by atoms with Gasteiger partial charge < -0.3 is 0 Å². The number of amidine groups is 1. The first-order valence-corrected chi connectivity index (χ1v) is 6.85. The highest BCUT2D eigenvalue weighted by atomic mass is 32.2. The second kappa shape index (κ2) is 4.73. The summed E-state index contributed by atoms with van der Waals surface area (Å²) in [5, 5.41) is 3.95. The van der Waals surface area contributed by atoms with Crippen LogP contribution in [0, 0.1) is 0 Å². The van der Waals surface area contributed by atoms with Crippen LogP contribution < -0.4 is 5.43 Å². The van der Waals surface area contributed by atoms with Crippen molar-refractivity contribution in [3.8, 4) is 0 Å². The van der Waals surface area contributed by atoms with Crippen LogP contribution in [-0.2, 0) is 10.0 Å². The molecule has 0 aliphatic carbocycles. The largest absolute Gasteiger partial charge is 0.285 e. The number of benzene rings is 1. The molecule has 5 nitrogen and oxygen atoms in total. The lowest BCUT2D eigenvalue weighted by atomic mass is 10.2. The highest BCUT2D eigenvalue weighted by Crippen LogP contribution is 2.24. The van der Waals surface area contributed by atoms with Crippen LogP contribution in [-0.4, -0.2) is 20.5 Å². The maximum atomic E-state index is 11.7. The van der Waals surface area contributed by atoms with Gasteiger partial charge in [0.05, 0.1) is 0 Å². The number of nitrogens with one attached hydrogen (secondary N) is 1. The van der Waals surface area contributed by atoms with E-state index in [1.807, 2.05) is 19.9 Å². The predicted molar refractivity (Wildman–Crippen MR) is 71.2 cm³/mol. The summed E-state index contributed by atoms with van der Waals surface area (Å²) in [6.45, 7) is 3.79. The highest BCUT2D eigenvalue weighted by molar-refractivity contribution is 7.90. The van der Waals surface area contributed by atoms with Gasteiger partial charge in [-0.1, -0.05) is 18.2 Å². The fourth-order valence-corrected chi connectivity index (χ4v) is 2.63. The fourth-order valence-electron chi connectivity index (χ4n) is 1.46. The third-order valence-corrected chi connectivity index (χ3v) is 3.86. The number of fused-ring (bicyclic) bond motifs is 1. The number of rotatable bonds is 2. The molecule has 1 aliphatic rings. The van der Waals surface area contributed by atoms with Crippen LogP contribution in [0.5, 0.6) is 0 Å². The van der Waals surface area contributed by atoms with Crippen molar-refractivity contribution in [1.82, 2.24) is 5.43 Å². The molecule has 0 unspecified atom stereocenters. The molecule has 1 aromatic rings. The van der Waals surface area contributed by atoms with E-state index in [1.165, 1.54) is 6.07 Å². The van der Waals surface area contributed by atoms with Gasteiger partial charge in [0.2, 0.25) is 0 Å². The lowest BCUT2D eigenvalue weighted by molar-refractivity contribution is 0.599. The minimum Gasteiger partial charge on any atom is -0.260 e. The summed E-state index contributed by atoms with van der Waals surface area (Å²) in [5.41, 5.74) is 4.18. The Labute approximate surface area is 106 Å². The Morgan fingerprint density at radius 1 is 1.39 bits per heavy atom. The van der Waals surface area contributed by atoms with Crippen molar-refractivity contribution in [3.63, 3.8) is 0 Å². The number of allylic oxidation sites excluding steroid dienone is 2. The lowest BCUT2D eigenvalue weighted by Gasteiger charge is -1.99. The van der Waals surface area contributed by atoms with Crippen LogP contribution in [0.3, 0.4) is 0 Å². The maximum absolute atomic E-state index is 11.7. The molecule has 0 spiro atoms. The summed E-state index contributed by atoms with van der Waals surface area (Å²) in [4.78, 5) is 0.213. The molecular weight excluding hydrogens is 250 g/mol. The zero-order valence-electron chi connectivity index (χ0n) is 10.1. The van der Waals surface area contributed by atoms with E-state index in [0.717, 1.165) is 5.57 Å². The van der Waals surface area contributed by atoms with Crippen LogP contribution in [0.15, 0.2) is 50.3 Å². The van der Waals surface area contributed by atoms with Crippen molar-refractivity contribution in [3.05, 3.63) is 41.5 Å². The van der Waals surface area contributed by atoms with Crippen molar-refractivity contribution in [2.24, 2.45) is 9.50 Å². The van der Waals surface area contributed by atoms with Gasteiger partial charge in [-0.2, -0.15) is 13.5 Å². The van der Waals surface area contributed by atoms with Gasteiger partial charge in [0.1, 0.15) is 4.90 Å². The third kappa shape index (κ3) is 2.33. The van der Waals surface area contributed by atoms with Gasteiger partial charge >= 0.3 is 0 Å². The summed E-state index contributed by atoms with van der Waals surface area (Å²) in [6.07, 6.45) is 3.50. The van der Waals surface area contributed by atoms with Crippen molar-refractivity contribution in [2.75, 3.05) is 0 Å². The molecule has 0 saturated carbocycles. The number of hydrazone groups is 1. The molecule has 0 atom stereocenters. The zero-order chi connectivity index (χ0) is 13.2. The van der Waals surface area contributed by atoms with E-state index >= 15 is 0 Å². The molecule has 1 N–H and O–H groups in total. The van der Waals surface area contributed by atoms with E-state index in [1.54, 1.807) is 24.4 Å². The summed E-state index contributed by atoms with van der Waals surface area (Å²) in [7, 11) is -3.57. The first-order valence-electron chi connectivity index (χ1n) is 5.41. The van der Waals surface area contributed by atoms with E-state index in [0.29, 0.717) is 5.56 Å². The number of hydrogen-bond acceptors (Lipinski definition) is 4. The smallest absolute Gasteiger partial charge is 0.260 e. The monoisotopic (exact) mass is 263 g/mol. The van der Waals surface area contributed by atoms with Crippen molar-refractivity contribution >= 4 is 22.1 Å². The SMILES string of the molecule is C/C=C(C)/C=N/NC1=NS(=O)(=O)c2ccccc21. The number of hydrogen-bond donors (Lipinski definition) is 1. The fraction of sp³-hybridized carbons (Fsp3) is 0.167. The predicted octanol–water partition coefficient (Wildman–Crippen LogP) is 1.68. The van der Waals surface area contributed by atoms with Gasteiger partial charge in [-0.3, -0.25) is 5.43 Å². The minimum absolute atomic E-state index is 0.213. The van der Waals surface area contributed by atoms with Crippen LogP contribution in [0.1, 0.15) is 19.4 Å². The van der Waals surface area contributed by atoms with E-state index < -0.39 is 10.0 Å². The molecule has 1 aliphatic heterocycles. The molecular formula is C12H13N3O2S. The summed E-state index contributed by atoms with van der Waals surface area (Å²) < 4.78 is 27.1. The molecule has 2 rings (SSSR count). The number of nitrogens with zero attached hydrogens (tertiary/aromatic N) is 2. The average Bonchev–Trinajstić information content (AvgIpc) is 2.62. The second-order valence-corrected chi connectivity index (χ2v) is 5.39. The van der Waals surface area contributed by atoms with Crippen molar-refractivity contribution in [2.45, 2.75) is 18.7 Å². The Morgan fingerprint density at radius 2 is 2.11 bits per heavy atom. The summed E-state index contributed by atoms with van der Waals surface area (Å²) in [5.74, 6) is 0.255. The van der Waals surface area contributed by atoms with E-state index in [4.69, 9.17) is 0 Å². The van der Waals surface area contributed by atoms with Crippen LogP contribution in [0.4, 0.5) is 0 Å². The molecule has 94 valence electrons.